The quantitative estimate of drug-likeness (QED) is 0.790. The molecule has 1 amide bonds. The van der Waals surface area contributed by atoms with Gasteiger partial charge < -0.3 is 10.1 Å². The molecule has 1 aromatic carbocycles. The van der Waals surface area contributed by atoms with Crippen molar-refractivity contribution < 1.29 is 14.3 Å². The second kappa shape index (κ2) is 8.06. The van der Waals surface area contributed by atoms with Crippen LogP contribution in [0.15, 0.2) is 24.3 Å². The van der Waals surface area contributed by atoms with Crippen LogP contribution in [0.5, 0.6) is 0 Å². The number of rotatable bonds is 7. The molecule has 5 nitrogen and oxygen atoms in total. The van der Waals surface area contributed by atoms with Crippen LogP contribution in [0.25, 0.3) is 10.2 Å². The molecule has 2 rings (SSSR count). The maximum Gasteiger partial charge on any atom is 0.306 e. The van der Waals surface area contributed by atoms with E-state index in [4.69, 9.17) is 4.74 Å². The number of fused-ring (bicyclic) bond motifs is 1. The normalized spacial score (nSPS) is 12.3. The molecule has 0 fully saturated rings. The highest BCUT2D eigenvalue weighted by atomic mass is 32.1. The van der Waals surface area contributed by atoms with Crippen molar-refractivity contribution in [3.63, 3.8) is 0 Å². The van der Waals surface area contributed by atoms with Crippen molar-refractivity contribution in [2.75, 3.05) is 0 Å². The molecule has 1 N–H and O–H groups in total. The summed E-state index contributed by atoms with van der Waals surface area (Å²) in [6, 6.07) is 8.01. The first-order valence-corrected chi connectivity index (χ1v) is 8.61. The Labute approximate surface area is 140 Å². The van der Waals surface area contributed by atoms with Crippen molar-refractivity contribution in [2.24, 2.45) is 0 Å². The van der Waals surface area contributed by atoms with Crippen LogP contribution in [0.4, 0.5) is 0 Å². The number of amides is 1. The van der Waals surface area contributed by atoms with E-state index in [0.29, 0.717) is 6.42 Å². The van der Waals surface area contributed by atoms with Crippen LogP contribution in [0, 0.1) is 0 Å². The first kappa shape index (κ1) is 17.4. The highest BCUT2D eigenvalue weighted by Gasteiger charge is 2.18. The van der Waals surface area contributed by atoms with E-state index in [-0.39, 0.29) is 24.3 Å². The average Bonchev–Trinajstić information content (AvgIpc) is 2.89. The van der Waals surface area contributed by atoms with Crippen LogP contribution in [0.3, 0.4) is 0 Å². The van der Waals surface area contributed by atoms with Gasteiger partial charge in [0.2, 0.25) is 0 Å². The number of hydrogen-bond acceptors (Lipinski definition) is 5. The summed E-state index contributed by atoms with van der Waals surface area (Å²) < 4.78 is 6.30. The van der Waals surface area contributed by atoms with Crippen molar-refractivity contribution in [3.05, 3.63) is 29.3 Å². The minimum absolute atomic E-state index is 0.0303. The minimum atomic E-state index is -0.757. The third-order valence-corrected chi connectivity index (χ3v) is 4.31. The van der Waals surface area contributed by atoms with Gasteiger partial charge in [0.25, 0.3) is 5.91 Å². The number of para-hydroxylation sites is 1. The van der Waals surface area contributed by atoms with E-state index in [9.17, 15) is 9.59 Å². The molecule has 1 aromatic heterocycles. The summed E-state index contributed by atoms with van der Waals surface area (Å²) in [5, 5.41) is 3.74. The largest absolute Gasteiger partial charge is 0.453 e. The number of hydrogen-bond donors (Lipinski definition) is 1. The summed E-state index contributed by atoms with van der Waals surface area (Å²) >= 11 is 1.65. The van der Waals surface area contributed by atoms with Gasteiger partial charge >= 0.3 is 5.97 Å². The number of benzene rings is 1. The Morgan fingerprint density at radius 3 is 2.70 bits per heavy atom. The lowest BCUT2D eigenvalue weighted by molar-refractivity contribution is -0.155. The molecule has 0 saturated heterocycles. The number of aryl methyl sites for hydroxylation is 1. The van der Waals surface area contributed by atoms with Crippen molar-refractivity contribution in [2.45, 2.75) is 52.2 Å². The monoisotopic (exact) mass is 334 g/mol. The Balaban J connectivity index is 1.75. The second-order valence-electron chi connectivity index (χ2n) is 5.72. The van der Waals surface area contributed by atoms with Crippen molar-refractivity contribution in [1.82, 2.24) is 10.3 Å². The molecular formula is C17H22N2O3S. The number of esters is 1. The smallest absolute Gasteiger partial charge is 0.306 e. The van der Waals surface area contributed by atoms with E-state index in [2.05, 4.69) is 10.3 Å². The zero-order valence-electron chi connectivity index (χ0n) is 13.7. The van der Waals surface area contributed by atoms with Crippen LogP contribution in [-0.4, -0.2) is 29.0 Å². The Hall–Kier alpha value is -1.95. The molecule has 23 heavy (non-hydrogen) atoms. The summed E-state index contributed by atoms with van der Waals surface area (Å²) in [6.07, 6.45) is 0.931. The molecule has 1 atom stereocenters. The van der Waals surface area contributed by atoms with Gasteiger partial charge in [-0.2, -0.15) is 0 Å². The first-order valence-electron chi connectivity index (χ1n) is 7.80. The maximum atomic E-state index is 11.8. The van der Waals surface area contributed by atoms with Crippen LogP contribution < -0.4 is 5.32 Å². The Kier molecular flexibility index (Phi) is 6.10. The molecule has 0 radical (unpaired) electrons. The molecule has 124 valence electrons. The third-order valence-electron chi connectivity index (χ3n) is 3.22. The zero-order valence-corrected chi connectivity index (χ0v) is 14.5. The molecule has 0 aliphatic rings. The average molecular weight is 334 g/mol. The van der Waals surface area contributed by atoms with E-state index in [1.54, 1.807) is 18.3 Å². The Bertz CT molecular complexity index is 648. The molecular weight excluding hydrogens is 312 g/mol. The lowest BCUT2D eigenvalue weighted by Gasteiger charge is -2.15. The van der Waals surface area contributed by atoms with Gasteiger partial charge in [0.05, 0.1) is 15.2 Å². The highest BCUT2D eigenvalue weighted by molar-refractivity contribution is 7.18. The van der Waals surface area contributed by atoms with E-state index in [0.717, 1.165) is 21.6 Å². The van der Waals surface area contributed by atoms with Gasteiger partial charge in [0.1, 0.15) is 0 Å². The number of thiazole rings is 1. The summed E-state index contributed by atoms with van der Waals surface area (Å²) in [4.78, 5) is 28.0. The van der Waals surface area contributed by atoms with Crippen molar-refractivity contribution in [1.29, 1.82) is 0 Å². The van der Waals surface area contributed by atoms with Crippen LogP contribution >= 0.6 is 11.3 Å². The van der Waals surface area contributed by atoms with Gasteiger partial charge in [-0.05, 0) is 45.7 Å². The molecule has 0 aliphatic heterocycles. The molecule has 2 aromatic rings. The van der Waals surface area contributed by atoms with E-state index in [1.807, 2.05) is 38.1 Å². The molecule has 0 spiro atoms. The summed E-state index contributed by atoms with van der Waals surface area (Å²) in [6.45, 7) is 5.32. The fraction of sp³-hybridized carbons (Fsp3) is 0.471. The van der Waals surface area contributed by atoms with Crippen LogP contribution in [0.1, 0.15) is 38.6 Å². The SMILES string of the molecule is CC(C)NC(=O)C(C)OC(=O)CCCc1nc2ccccc2s1. The van der Waals surface area contributed by atoms with Gasteiger partial charge in [0, 0.05) is 12.5 Å². The van der Waals surface area contributed by atoms with Crippen LogP contribution in [0.2, 0.25) is 0 Å². The number of carbonyl (C=O) groups is 2. The lowest BCUT2D eigenvalue weighted by Crippen LogP contribution is -2.39. The Morgan fingerprint density at radius 1 is 1.26 bits per heavy atom. The standard InChI is InChI=1S/C17H22N2O3S/c1-11(2)18-17(21)12(3)22-16(20)10-6-9-15-19-13-7-4-5-8-14(13)23-15/h4-5,7-8,11-12H,6,9-10H2,1-3H3,(H,18,21). The maximum absolute atomic E-state index is 11.8. The molecule has 1 unspecified atom stereocenters. The summed E-state index contributed by atoms with van der Waals surface area (Å²) in [5.74, 6) is -0.614. The molecule has 6 heteroatoms. The van der Waals surface area contributed by atoms with E-state index < -0.39 is 6.10 Å². The lowest BCUT2D eigenvalue weighted by atomic mass is 10.2. The summed E-state index contributed by atoms with van der Waals surface area (Å²) in [5.41, 5.74) is 0.994. The van der Waals surface area contributed by atoms with Crippen molar-refractivity contribution in [3.8, 4) is 0 Å². The second-order valence-corrected chi connectivity index (χ2v) is 6.84. The molecule has 0 saturated carbocycles. The fourth-order valence-corrected chi connectivity index (χ4v) is 3.13. The topological polar surface area (TPSA) is 68.3 Å². The number of aromatic nitrogens is 1. The van der Waals surface area contributed by atoms with Gasteiger partial charge in [-0.1, -0.05) is 12.1 Å². The van der Waals surface area contributed by atoms with Gasteiger partial charge in [-0.15, -0.1) is 11.3 Å². The van der Waals surface area contributed by atoms with Crippen molar-refractivity contribution >= 4 is 33.4 Å². The molecule has 0 bridgehead atoms. The molecule has 1 heterocycles. The molecule has 0 aliphatic carbocycles. The minimum Gasteiger partial charge on any atom is -0.453 e. The van der Waals surface area contributed by atoms with Crippen LogP contribution in [-0.2, 0) is 20.7 Å². The fourth-order valence-electron chi connectivity index (χ4n) is 2.12. The Morgan fingerprint density at radius 2 is 2.00 bits per heavy atom. The summed E-state index contributed by atoms with van der Waals surface area (Å²) in [7, 11) is 0. The van der Waals surface area contributed by atoms with E-state index >= 15 is 0 Å². The van der Waals surface area contributed by atoms with Gasteiger partial charge in [0.15, 0.2) is 6.10 Å². The zero-order chi connectivity index (χ0) is 16.8. The van der Waals surface area contributed by atoms with E-state index in [1.165, 1.54) is 0 Å². The third kappa shape index (κ3) is 5.32. The first-order chi connectivity index (χ1) is 11.0. The predicted molar refractivity (Wildman–Crippen MR) is 91.4 cm³/mol. The van der Waals surface area contributed by atoms with Gasteiger partial charge in [-0.3, -0.25) is 9.59 Å². The number of ether oxygens (including phenoxy) is 1. The predicted octanol–water partition coefficient (Wildman–Crippen LogP) is 3.08. The number of nitrogens with zero attached hydrogens (tertiary/aromatic N) is 1. The number of carbonyl (C=O) groups excluding carboxylic acids is 2. The van der Waals surface area contributed by atoms with Gasteiger partial charge in [-0.25, -0.2) is 4.98 Å². The number of nitrogens with one attached hydrogen (secondary N) is 1. The highest BCUT2D eigenvalue weighted by Crippen LogP contribution is 2.22.